The minimum absolute atomic E-state index is 0.0149. The first-order chi connectivity index (χ1) is 11.4. The molecule has 0 bridgehead atoms. The minimum Gasteiger partial charge on any atom is -0.452 e. The van der Waals surface area contributed by atoms with Gasteiger partial charge in [-0.05, 0) is 38.3 Å². The number of ether oxygens (including phenoxy) is 1. The number of carbonyl (C=O) groups is 2. The molecule has 1 heterocycles. The molecule has 24 heavy (non-hydrogen) atoms. The van der Waals surface area contributed by atoms with Gasteiger partial charge in [-0.2, -0.15) is 0 Å². The summed E-state index contributed by atoms with van der Waals surface area (Å²) in [6.07, 6.45) is 2.23. The monoisotopic (exact) mass is 351 g/mol. The van der Waals surface area contributed by atoms with Crippen LogP contribution in [0.4, 0.5) is 0 Å². The minimum atomic E-state index is -3.06. The number of amides is 1. The van der Waals surface area contributed by atoms with Gasteiger partial charge in [0, 0.05) is 12.1 Å². The molecule has 2 aliphatic rings. The lowest BCUT2D eigenvalue weighted by molar-refractivity contribution is -0.137. The van der Waals surface area contributed by atoms with E-state index in [1.54, 1.807) is 23.1 Å². The van der Waals surface area contributed by atoms with Crippen LogP contribution in [0.15, 0.2) is 24.3 Å². The average Bonchev–Trinajstić information content (AvgIpc) is 3.28. The molecular formula is C17H21NO5S. The Balaban J connectivity index is 1.61. The second-order valence-corrected chi connectivity index (χ2v) is 8.76. The van der Waals surface area contributed by atoms with E-state index in [0.29, 0.717) is 12.0 Å². The Kier molecular flexibility index (Phi) is 4.62. The Morgan fingerprint density at radius 3 is 2.54 bits per heavy atom. The molecule has 6 nitrogen and oxygen atoms in total. The maximum Gasteiger partial charge on any atom is 0.338 e. The van der Waals surface area contributed by atoms with Crippen molar-refractivity contribution in [2.24, 2.45) is 0 Å². The third-order valence-corrected chi connectivity index (χ3v) is 6.16. The molecule has 1 aliphatic carbocycles. The third-order valence-electron chi connectivity index (χ3n) is 4.41. The topological polar surface area (TPSA) is 80.8 Å². The van der Waals surface area contributed by atoms with Gasteiger partial charge < -0.3 is 9.64 Å². The Hall–Kier alpha value is -1.89. The molecule has 3 rings (SSSR count). The molecule has 7 heteroatoms. The molecule has 0 aromatic heterocycles. The van der Waals surface area contributed by atoms with E-state index in [1.165, 1.54) is 0 Å². The molecule has 1 saturated carbocycles. The Labute approximate surface area is 141 Å². The molecule has 2 fully saturated rings. The number of benzene rings is 1. The largest absolute Gasteiger partial charge is 0.452 e. The molecule has 1 aromatic rings. The molecule has 0 radical (unpaired) electrons. The molecule has 0 spiro atoms. The smallest absolute Gasteiger partial charge is 0.338 e. The molecule has 1 atom stereocenters. The van der Waals surface area contributed by atoms with Crippen LogP contribution in [0.3, 0.4) is 0 Å². The van der Waals surface area contributed by atoms with Crippen LogP contribution in [-0.4, -0.2) is 55.4 Å². The summed E-state index contributed by atoms with van der Waals surface area (Å²) < 4.78 is 28.5. The third kappa shape index (κ3) is 3.95. The molecular weight excluding hydrogens is 330 g/mol. The van der Waals surface area contributed by atoms with Crippen LogP contribution >= 0.6 is 0 Å². The van der Waals surface area contributed by atoms with Gasteiger partial charge in [-0.25, -0.2) is 13.2 Å². The zero-order valence-corrected chi connectivity index (χ0v) is 14.4. The van der Waals surface area contributed by atoms with Crippen molar-refractivity contribution in [1.29, 1.82) is 0 Å². The zero-order chi connectivity index (χ0) is 17.3. The summed E-state index contributed by atoms with van der Waals surface area (Å²) in [5.74, 6) is -0.708. The van der Waals surface area contributed by atoms with Crippen LogP contribution in [0.25, 0.3) is 0 Å². The Morgan fingerprint density at radius 2 is 1.96 bits per heavy atom. The van der Waals surface area contributed by atoms with E-state index >= 15 is 0 Å². The number of nitrogens with zero attached hydrogens (tertiary/aromatic N) is 1. The lowest BCUT2D eigenvalue weighted by Gasteiger charge is -2.28. The fourth-order valence-electron chi connectivity index (χ4n) is 3.11. The van der Waals surface area contributed by atoms with E-state index in [9.17, 15) is 18.0 Å². The first-order valence-electron chi connectivity index (χ1n) is 8.11. The second kappa shape index (κ2) is 6.55. The predicted molar refractivity (Wildman–Crippen MR) is 88.4 cm³/mol. The van der Waals surface area contributed by atoms with E-state index in [0.717, 1.165) is 18.4 Å². The average molecular weight is 351 g/mol. The van der Waals surface area contributed by atoms with Crippen molar-refractivity contribution >= 4 is 21.7 Å². The van der Waals surface area contributed by atoms with E-state index in [4.69, 9.17) is 4.74 Å². The molecule has 0 N–H and O–H groups in total. The van der Waals surface area contributed by atoms with Gasteiger partial charge >= 0.3 is 5.97 Å². The highest BCUT2D eigenvalue weighted by Crippen LogP contribution is 2.32. The number of rotatable bonds is 5. The summed E-state index contributed by atoms with van der Waals surface area (Å²) in [4.78, 5) is 26.2. The van der Waals surface area contributed by atoms with Crippen molar-refractivity contribution in [1.82, 2.24) is 4.90 Å². The first kappa shape index (κ1) is 17.0. The summed E-state index contributed by atoms with van der Waals surface area (Å²) in [5, 5.41) is 0. The Bertz CT molecular complexity index is 754. The van der Waals surface area contributed by atoms with Gasteiger partial charge in [-0.15, -0.1) is 0 Å². The second-order valence-electron chi connectivity index (χ2n) is 6.53. The lowest BCUT2D eigenvalue weighted by atomic mass is 10.1. The standard InChI is InChI=1S/C17H21NO5S/c1-12-3-2-4-13(9-12)17(20)23-10-16(19)18(14-5-6-14)15-7-8-24(21,22)11-15/h2-4,9,14-15H,5-8,10-11H2,1H3/t15-/m1/s1. The maximum atomic E-state index is 12.5. The molecule has 1 saturated heterocycles. The van der Waals surface area contributed by atoms with Gasteiger partial charge in [-0.1, -0.05) is 17.7 Å². The van der Waals surface area contributed by atoms with Crippen LogP contribution in [0, 0.1) is 6.92 Å². The molecule has 1 amide bonds. The van der Waals surface area contributed by atoms with Crippen molar-refractivity contribution in [2.45, 2.75) is 38.3 Å². The summed E-state index contributed by atoms with van der Waals surface area (Å²) >= 11 is 0. The Morgan fingerprint density at radius 1 is 1.21 bits per heavy atom. The van der Waals surface area contributed by atoms with Gasteiger partial charge in [0.05, 0.1) is 17.1 Å². The van der Waals surface area contributed by atoms with Gasteiger partial charge in [0.25, 0.3) is 5.91 Å². The van der Waals surface area contributed by atoms with Crippen molar-refractivity contribution in [3.63, 3.8) is 0 Å². The van der Waals surface area contributed by atoms with Crippen molar-refractivity contribution in [3.05, 3.63) is 35.4 Å². The normalized spacial score (nSPS) is 22.1. The molecule has 0 unspecified atom stereocenters. The zero-order valence-electron chi connectivity index (χ0n) is 13.6. The van der Waals surface area contributed by atoms with Gasteiger partial charge in [0.1, 0.15) is 0 Å². The number of hydrogen-bond donors (Lipinski definition) is 0. The maximum absolute atomic E-state index is 12.5. The SMILES string of the molecule is Cc1cccc(C(=O)OCC(=O)N(C2CC2)[C@@H]2CCS(=O)(=O)C2)c1. The fraction of sp³-hybridized carbons (Fsp3) is 0.529. The van der Waals surface area contributed by atoms with Crippen molar-refractivity contribution in [3.8, 4) is 0 Å². The summed E-state index contributed by atoms with van der Waals surface area (Å²) in [7, 11) is -3.06. The number of aryl methyl sites for hydroxylation is 1. The van der Waals surface area contributed by atoms with Gasteiger partial charge in [0.15, 0.2) is 16.4 Å². The number of esters is 1. The van der Waals surface area contributed by atoms with E-state index in [2.05, 4.69) is 0 Å². The van der Waals surface area contributed by atoms with Crippen LogP contribution < -0.4 is 0 Å². The summed E-state index contributed by atoms with van der Waals surface area (Å²) in [6.45, 7) is 1.52. The molecule has 1 aromatic carbocycles. The van der Waals surface area contributed by atoms with Crippen molar-refractivity contribution < 1.29 is 22.7 Å². The van der Waals surface area contributed by atoms with Crippen LogP contribution in [-0.2, 0) is 19.4 Å². The van der Waals surface area contributed by atoms with E-state index in [-0.39, 0.29) is 36.1 Å². The van der Waals surface area contributed by atoms with Crippen LogP contribution in [0.5, 0.6) is 0 Å². The predicted octanol–water partition coefficient (Wildman–Crippen LogP) is 1.33. The van der Waals surface area contributed by atoms with Gasteiger partial charge in [-0.3, -0.25) is 4.79 Å². The highest BCUT2D eigenvalue weighted by Gasteiger charge is 2.42. The lowest BCUT2D eigenvalue weighted by Crippen LogP contribution is -2.44. The molecule has 1 aliphatic heterocycles. The molecule has 130 valence electrons. The fourth-order valence-corrected chi connectivity index (χ4v) is 4.82. The number of hydrogen-bond acceptors (Lipinski definition) is 5. The summed E-state index contributed by atoms with van der Waals surface area (Å²) in [6, 6.07) is 6.78. The van der Waals surface area contributed by atoms with E-state index in [1.807, 2.05) is 13.0 Å². The highest BCUT2D eigenvalue weighted by molar-refractivity contribution is 7.91. The van der Waals surface area contributed by atoms with E-state index < -0.39 is 15.8 Å². The van der Waals surface area contributed by atoms with Crippen LogP contribution in [0.2, 0.25) is 0 Å². The highest BCUT2D eigenvalue weighted by atomic mass is 32.2. The number of carbonyl (C=O) groups excluding carboxylic acids is 2. The van der Waals surface area contributed by atoms with Crippen LogP contribution in [0.1, 0.15) is 35.2 Å². The quantitative estimate of drug-likeness (QED) is 0.748. The van der Waals surface area contributed by atoms with Gasteiger partial charge in [0.2, 0.25) is 0 Å². The van der Waals surface area contributed by atoms with Crippen molar-refractivity contribution in [2.75, 3.05) is 18.1 Å². The number of sulfone groups is 1. The summed E-state index contributed by atoms with van der Waals surface area (Å²) in [5.41, 5.74) is 1.34. The first-order valence-corrected chi connectivity index (χ1v) is 9.93.